The molecule has 0 saturated carbocycles. The third-order valence-electron chi connectivity index (χ3n) is 3.33. The molecule has 0 aliphatic heterocycles. The number of esters is 3. The predicted octanol–water partition coefficient (Wildman–Crippen LogP) is 1.76. The van der Waals surface area contributed by atoms with Crippen LogP contribution in [0.1, 0.15) is 20.8 Å². The van der Waals surface area contributed by atoms with Gasteiger partial charge in [-0.15, -0.1) is 0 Å². The summed E-state index contributed by atoms with van der Waals surface area (Å²) < 4.78 is 31.9. The van der Waals surface area contributed by atoms with E-state index in [-0.39, 0.29) is 33.0 Å². The predicted molar refractivity (Wildman–Crippen MR) is 109 cm³/mol. The summed E-state index contributed by atoms with van der Waals surface area (Å²) in [4.78, 5) is 33.6. The Kier molecular flexibility index (Phi) is 15.0. The van der Waals surface area contributed by atoms with Crippen LogP contribution in [0.15, 0.2) is 38.0 Å². The van der Waals surface area contributed by atoms with Gasteiger partial charge >= 0.3 is 17.9 Å². The Morgan fingerprint density at radius 1 is 0.633 bits per heavy atom. The molecule has 0 aromatic heterocycles. The molecule has 0 radical (unpaired) electrons. The van der Waals surface area contributed by atoms with Crippen molar-refractivity contribution in [2.45, 2.75) is 45.2 Å². The summed E-state index contributed by atoms with van der Waals surface area (Å²) in [6.07, 6.45) is 1.27. The Balaban J connectivity index is 4.52. The van der Waals surface area contributed by atoms with Crippen LogP contribution >= 0.6 is 0 Å². The third kappa shape index (κ3) is 14.5. The van der Waals surface area contributed by atoms with E-state index in [9.17, 15) is 14.4 Å². The van der Waals surface area contributed by atoms with E-state index in [2.05, 4.69) is 19.7 Å². The highest BCUT2D eigenvalue weighted by Gasteiger charge is 2.17. The maximum atomic E-state index is 11.2. The van der Waals surface area contributed by atoms with E-state index >= 15 is 0 Å². The van der Waals surface area contributed by atoms with Crippen LogP contribution in [0.25, 0.3) is 0 Å². The van der Waals surface area contributed by atoms with Gasteiger partial charge < -0.3 is 28.4 Å². The van der Waals surface area contributed by atoms with Gasteiger partial charge in [0, 0.05) is 18.2 Å². The van der Waals surface area contributed by atoms with Crippen molar-refractivity contribution in [2.75, 3.05) is 33.0 Å². The first-order valence-electron chi connectivity index (χ1n) is 9.47. The minimum absolute atomic E-state index is 0.110. The fraction of sp³-hybridized carbons (Fsp3) is 0.571. The molecule has 0 saturated heterocycles. The van der Waals surface area contributed by atoms with Gasteiger partial charge in [0.05, 0.1) is 33.0 Å². The van der Waals surface area contributed by atoms with E-state index in [0.29, 0.717) is 0 Å². The third-order valence-corrected chi connectivity index (χ3v) is 3.33. The Bertz CT molecular complexity index is 539. The summed E-state index contributed by atoms with van der Waals surface area (Å²) in [6.45, 7) is 15.7. The summed E-state index contributed by atoms with van der Waals surface area (Å²) >= 11 is 0. The average molecular weight is 428 g/mol. The van der Waals surface area contributed by atoms with E-state index in [1.165, 1.54) is 0 Å². The molecule has 0 N–H and O–H groups in total. The van der Waals surface area contributed by atoms with Crippen molar-refractivity contribution in [3.8, 4) is 0 Å². The molecule has 30 heavy (non-hydrogen) atoms. The molecule has 0 fully saturated rings. The molecule has 0 heterocycles. The topological polar surface area (TPSA) is 107 Å². The maximum Gasteiger partial charge on any atom is 0.330 e. The van der Waals surface area contributed by atoms with Crippen molar-refractivity contribution in [3.63, 3.8) is 0 Å². The highest BCUT2D eigenvalue weighted by Crippen LogP contribution is 2.03. The second-order valence-corrected chi connectivity index (χ2v) is 6.39. The van der Waals surface area contributed by atoms with Crippen molar-refractivity contribution in [2.24, 2.45) is 0 Å². The number of carbonyl (C=O) groups is 3. The van der Waals surface area contributed by atoms with Gasteiger partial charge in [-0.1, -0.05) is 19.7 Å². The molecule has 0 aromatic rings. The molecule has 0 aliphatic carbocycles. The van der Waals surface area contributed by atoms with E-state index in [0.717, 1.165) is 18.2 Å². The van der Waals surface area contributed by atoms with E-state index in [1.807, 2.05) is 0 Å². The molecular formula is C21H32O9. The summed E-state index contributed by atoms with van der Waals surface area (Å²) in [5, 5.41) is 0. The molecule has 0 spiro atoms. The van der Waals surface area contributed by atoms with Gasteiger partial charge in [0.15, 0.2) is 0 Å². The summed E-state index contributed by atoms with van der Waals surface area (Å²) in [6, 6.07) is 0. The van der Waals surface area contributed by atoms with Crippen molar-refractivity contribution < 1.29 is 42.8 Å². The highest BCUT2D eigenvalue weighted by molar-refractivity contribution is 5.82. The average Bonchev–Trinajstić information content (AvgIpc) is 2.70. The van der Waals surface area contributed by atoms with Crippen LogP contribution in [0.5, 0.6) is 0 Å². The van der Waals surface area contributed by atoms with Crippen LogP contribution in [-0.4, -0.2) is 75.4 Å². The second kappa shape index (κ2) is 16.3. The number of hydrogen-bond donors (Lipinski definition) is 0. The lowest BCUT2D eigenvalue weighted by molar-refractivity contribution is -0.153. The van der Waals surface area contributed by atoms with Gasteiger partial charge in [-0.2, -0.15) is 0 Å². The van der Waals surface area contributed by atoms with Gasteiger partial charge in [-0.25, -0.2) is 14.4 Å². The minimum Gasteiger partial charge on any atom is -0.457 e. The number of carbonyl (C=O) groups excluding carboxylic acids is 3. The summed E-state index contributed by atoms with van der Waals surface area (Å²) in [5.41, 5.74) is 0. The molecule has 3 atom stereocenters. The smallest absolute Gasteiger partial charge is 0.330 e. The second-order valence-electron chi connectivity index (χ2n) is 6.39. The number of hydrogen-bond acceptors (Lipinski definition) is 9. The molecule has 9 nitrogen and oxygen atoms in total. The molecule has 170 valence electrons. The van der Waals surface area contributed by atoms with Gasteiger partial charge in [-0.3, -0.25) is 0 Å². The maximum absolute atomic E-state index is 11.2. The van der Waals surface area contributed by atoms with E-state index < -0.39 is 42.3 Å². The molecule has 3 unspecified atom stereocenters. The van der Waals surface area contributed by atoms with Crippen LogP contribution in [0.4, 0.5) is 0 Å². The van der Waals surface area contributed by atoms with Gasteiger partial charge in [-0.05, 0) is 20.8 Å². The Hall–Kier alpha value is -2.49. The lowest BCUT2D eigenvalue weighted by atomic mass is 10.3. The minimum atomic E-state index is -0.550. The Morgan fingerprint density at radius 3 is 1.30 bits per heavy atom. The van der Waals surface area contributed by atoms with Crippen molar-refractivity contribution >= 4 is 17.9 Å². The molecule has 0 amide bonds. The normalized spacial score (nSPS) is 14.5. The van der Waals surface area contributed by atoms with Crippen molar-refractivity contribution in [1.29, 1.82) is 0 Å². The molecular weight excluding hydrogens is 396 g/mol. The monoisotopic (exact) mass is 428 g/mol. The first-order valence-corrected chi connectivity index (χ1v) is 9.47. The van der Waals surface area contributed by atoms with Crippen LogP contribution in [-0.2, 0) is 42.8 Å². The molecule has 0 aliphatic rings. The summed E-state index contributed by atoms with van der Waals surface area (Å²) in [5.74, 6) is -1.63. The van der Waals surface area contributed by atoms with Crippen LogP contribution < -0.4 is 0 Å². The molecule has 0 bridgehead atoms. The lowest BCUT2D eigenvalue weighted by Gasteiger charge is -2.22. The molecule has 0 aromatic carbocycles. The fourth-order valence-electron chi connectivity index (χ4n) is 1.99. The largest absolute Gasteiger partial charge is 0.457 e. The van der Waals surface area contributed by atoms with Gasteiger partial charge in [0.1, 0.15) is 24.4 Å². The van der Waals surface area contributed by atoms with Crippen molar-refractivity contribution in [3.05, 3.63) is 38.0 Å². The molecule has 0 rings (SSSR count). The Labute approximate surface area is 177 Å². The van der Waals surface area contributed by atoms with Crippen LogP contribution in [0.3, 0.4) is 0 Å². The van der Waals surface area contributed by atoms with Crippen LogP contribution in [0.2, 0.25) is 0 Å². The van der Waals surface area contributed by atoms with E-state index in [4.69, 9.17) is 28.4 Å². The van der Waals surface area contributed by atoms with E-state index in [1.54, 1.807) is 20.8 Å². The first-order chi connectivity index (χ1) is 14.2. The zero-order valence-electron chi connectivity index (χ0n) is 17.9. The van der Waals surface area contributed by atoms with Crippen LogP contribution in [0, 0.1) is 0 Å². The van der Waals surface area contributed by atoms with Gasteiger partial charge in [0.2, 0.25) is 0 Å². The lowest BCUT2D eigenvalue weighted by Crippen LogP contribution is -2.33. The number of rotatable bonds is 17. The zero-order chi connectivity index (χ0) is 22.9. The molecule has 9 heteroatoms. The first kappa shape index (κ1) is 27.5. The SMILES string of the molecule is C=CC(=O)OC(C)COCC(COCC(C)OC(=O)C=C)OCC(C)OC(=O)C=C. The highest BCUT2D eigenvalue weighted by atomic mass is 16.6. The van der Waals surface area contributed by atoms with Crippen molar-refractivity contribution in [1.82, 2.24) is 0 Å². The Morgan fingerprint density at radius 2 is 0.967 bits per heavy atom. The zero-order valence-corrected chi connectivity index (χ0v) is 17.9. The summed E-state index contributed by atoms with van der Waals surface area (Å²) in [7, 11) is 0. The quantitative estimate of drug-likeness (QED) is 0.195. The fourth-order valence-corrected chi connectivity index (χ4v) is 1.99. The number of ether oxygens (including phenoxy) is 6. The van der Waals surface area contributed by atoms with Gasteiger partial charge in [0.25, 0.3) is 0 Å². The standard InChI is InChI=1S/C21H32O9/c1-7-19(22)28-15(4)10-25-13-18(27-12-17(6)30-21(24)9-3)14-26-11-16(5)29-20(23)8-2/h7-9,15-18H,1-3,10-14H2,4-6H3.